The number of ether oxygens (including phenoxy) is 6. The zero-order valence-corrected chi connectivity index (χ0v) is 17.9. The maximum Gasteiger partial charge on any atom is 0.308 e. The molecule has 0 rings (SSSR count). The first-order chi connectivity index (χ1) is 13.5. The molecule has 0 heterocycles. The Morgan fingerprint density at radius 3 is 1.68 bits per heavy atom. The van der Waals surface area contributed by atoms with Crippen LogP contribution in [0.25, 0.3) is 0 Å². The van der Waals surface area contributed by atoms with Crippen molar-refractivity contribution < 1.29 is 38.0 Å². The molecule has 2 atom stereocenters. The fourth-order valence-electron chi connectivity index (χ4n) is 2.41. The molecule has 2 unspecified atom stereocenters. The van der Waals surface area contributed by atoms with E-state index in [0.29, 0.717) is 59.3 Å². The zero-order chi connectivity index (χ0) is 21.0. The molecule has 0 amide bonds. The Morgan fingerprint density at radius 2 is 1.14 bits per heavy atom. The molecule has 166 valence electrons. The monoisotopic (exact) mass is 406 g/mol. The summed E-state index contributed by atoms with van der Waals surface area (Å²) in [5.74, 6) is -0.829. The van der Waals surface area contributed by atoms with E-state index in [1.165, 1.54) is 0 Å². The Kier molecular flexibility index (Phi) is 18.3. The molecule has 28 heavy (non-hydrogen) atoms. The number of carbonyl (C=O) groups is 2. The van der Waals surface area contributed by atoms with Crippen molar-refractivity contribution in [1.29, 1.82) is 0 Å². The second kappa shape index (κ2) is 19.1. The van der Waals surface area contributed by atoms with E-state index in [-0.39, 0.29) is 43.4 Å². The topological polar surface area (TPSA) is 89.5 Å². The lowest BCUT2D eigenvalue weighted by atomic mass is 9.95. The van der Waals surface area contributed by atoms with Crippen LogP contribution in [-0.2, 0) is 38.0 Å². The fourth-order valence-corrected chi connectivity index (χ4v) is 2.41. The molecule has 0 aromatic carbocycles. The van der Waals surface area contributed by atoms with Crippen molar-refractivity contribution in [3.63, 3.8) is 0 Å². The van der Waals surface area contributed by atoms with Gasteiger partial charge in [-0.1, -0.05) is 13.8 Å². The van der Waals surface area contributed by atoms with Gasteiger partial charge < -0.3 is 28.4 Å². The molecule has 0 fully saturated rings. The predicted molar refractivity (Wildman–Crippen MR) is 104 cm³/mol. The molecule has 8 nitrogen and oxygen atoms in total. The van der Waals surface area contributed by atoms with Gasteiger partial charge >= 0.3 is 11.9 Å². The Balaban J connectivity index is 3.70. The Labute approximate surface area is 169 Å². The molecule has 0 N–H and O–H groups in total. The normalized spacial score (nSPS) is 13.1. The number of hydrogen-bond donors (Lipinski definition) is 0. The summed E-state index contributed by atoms with van der Waals surface area (Å²) in [6.45, 7) is 12.0. The van der Waals surface area contributed by atoms with Crippen LogP contribution in [0.3, 0.4) is 0 Å². The maximum atomic E-state index is 12.0. The van der Waals surface area contributed by atoms with Crippen LogP contribution in [0, 0.1) is 11.8 Å². The van der Waals surface area contributed by atoms with Crippen LogP contribution in [0.4, 0.5) is 0 Å². The van der Waals surface area contributed by atoms with Gasteiger partial charge in [-0.25, -0.2) is 0 Å². The van der Waals surface area contributed by atoms with Crippen molar-refractivity contribution in [2.24, 2.45) is 11.8 Å². The number of hydrogen-bond acceptors (Lipinski definition) is 8. The van der Waals surface area contributed by atoms with Crippen molar-refractivity contribution in [1.82, 2.24) is 0 Å². The third-order valence-corrected chi connectivity index (χ3v) is 3.79. The van der Waals surface area contributed by atoms with Crippen molar-refractivity contribution in [3.05, 3.63) is 0 Å². The minimum absolute atomic E-state index is 0.0244. The van der Waals surface area contributed by atoms with Crippen LogP contribution in [0.15, 0.2) is 0 Å². The summed E-state index contributed by atoms with van der Waals surface area (Å²) in [6.07, 6.45) is 0.821. The molecule has 0 spiro atoms. The summed E-state index contributed by atoms with van der Waals surface area (Å²) in [6, 6.07) is 0. The first-order valence-electron chi connectivity index (χ1n) is 10.1. The summed E-state index contributed by atoms with van der Waals surface area (Å²) < 4.78 is 31.2. The maximum absolute atomic E-state index is 12.0. The molecular weight excluding hydrogens is 368 g/mol. The summed E-state index contributed by atoms with van der Waals surface area (Å²) >= 11 is 0. The Hall–Kier alpha value is -1.22. The van der Waals surface area contributed by atoms with E-state index in [4.69, 9.17) is 28.4 Å². The van der Waals surface area contributed by atoms with E-state index >= 15 is 0 Å². The highest BCUT2D eigenvalue weighted by Crippen LogP contribution is 2.17. The van der Waals surface area contributed by atoms with E-state index in [9.17, 15) is 9.59 Å². The summed E-state index contributed by atoms with van der Waals surface area (Å²) in [4.78, 5) is 23.8. The lowest BCUT2D eigenvalue weighted by molar-refractivity contribution is -0.151. The average molecular weight is 407 g/mol. The van der Waals surface area contributed by atoms with Crippen LogP contribution in [0.5, 0.6) is 0 Å². The standard InChI is InChI=1S/C20H38O8/c1-5-23-7-9-25-11-13-27-19(21)16-17(3)15-18(4)20(22)28-14-12-26-10-8-24-6-2/h17-18H,5-16H2,1-4H3. The fraction of sp³-hybridized carbons (Fsp3) is 0.900. The summed E-state index contributed by atoms with van der Waals surface area (Å²) in [7, 11) is 0. The van der Waals surface area contributed by atoms with Crippen molar-refractivity contribution in [2.45, 2.75) is 40.5 Å². The first-order valence-corrected chi connectivity index (χ1v) is 10.1. The van der Waals surface area contributed by atoms with Gasteiger partial charge in [-0.3, -0.25) is 9.59 Å². The summed E-state index contributed by atoms with van der Waals surface area (Å²) in [5.41, 5.74) is 0. The highest BCUT2D eigenvalue weighted by molar-refractivity contribution is 5.72. The molecular formula is C20H38O8. The third kappa shape index (κ3) is 16.9. The van der Waals surface area contributed by atoms with Gasteiger partial charge in [0.05, 0.1) is 45.6 Å². The third-order valence-electron chi connectivity index (χ3n) is 3.79. The van der Waals surface area contributed by atoms with Gasteiger partial charge in [0, 0.05) is 19.6 Å². The van der Waals surface area contributed by atoms with Gasteiger partial charge in [-0.15, -0.1) is 0 Å². The molecule has 0 aromatic heterocycles. The average Bonchev–Trinajstić information content (AvgIpc) is 2.66. The molecule has 0 aliphatic heterocycles. The zero-order valence-electron chi connectivity index (χ0n) is 17.9. The van der Waals surface area contributed by atoms with Gasteiger partial charge in [0.1, 0.15) is 13.2 Å². The van der Waals surface area contributed by atoms with Crippen molar-refractivity contribution in [2.75, 3.05) is 66.1 Å². The van der Waals surface area contributed by atoms with Gasteiger partial charge in [0.2, 0.25) is 0 Å². The smallest absolute Gasteiger partial charge is 0.308 e. The highest BCUT2D eigenvalue weighted by atomic mass is 16.6. The second-order valence-corrected chi connectivity index (χ2v) is 6.45. The molecule has 0 radical (unpaired) electrons. The van der Waals surface area contributed by atoms with Gasteiger partial charge in [0.15, 0.2) is 0 Å². The SMILES string of the molecule is CCOCCOCCOC(=O)CC(C)CC(C)C(=O)OCCOCCOCC. The highest BCUT2D eigenvalue weighted by Gasteiger charge is 2.20. The lowest BCUT2D eigenvalue weighted by Gasteiger charge is -2.16. The number of esters is 2. The first kappa shape index (κ1) is 26.8. The lowest BCUT2D eigenvalue weighted by Crippen LogP contribution is -2.21. The minimum Gasteiger partial charge on any atom is -0.463 e. The van der Waals surface area contributed by atoms with Crippen LogP contribution in [-0.4, -0.2) is 78.0 Å². The van der Waals surface area contributed by atoms with E-state index in [1.54, 1.807) is 6.92 Å². The van der Waals surface area contributed by atoms with E-state index in [1.807, 2.05) is 20.8 Å². The van der Waals surface area contributed by atoms with Crippen LogP contribution in [0.2, 0.25) is 0 Å². The largest absolute Gasteiger partial charge is 0.463 e. The van der Waals surface area contributed by atoms with Crippen LogP contribution >= 0.6 is 0 Å². The van der Waals surface area contributed by atoms with Gasteiger partial charge in [-0.2, -0.15) is 0 Å². The molecule has 0 bridgehead atoms. The van der Waals surface area contributed by atoms with Crippen molar-refractivity contribution >= 4 is 11.9 Å². The van der Waals surface area contributed by atoms with Gasteiger partial charge in [0.25, 0.3) is 0 Å². The molecule has 0 aliphatic carbocycles. The quantitative estimate of drug-likeness (QED) is 0.238. The molecule has 0 aliphatic rings. The van der Waals surface area contributed by atoms with E-state index < -0.39 is 0 Å². The molecule has 0 aromatic rings. The summed E-state index contributed by atoms with van der Waals surface area (Å²) in [5, 5.41) is 0. The minimum atomic E-state index is -0.288. The second-order valence-electron chi connectivity index (χ2n) is 6.45. The van der Waals surface area contributed by atoms with Crippen molar-refractivity contribution in [3.8, 4) is 0 Å². The van der Waals surface area contributed by atoms with Crippen LogP contribution < -0.4 is 0 Å². The number of rotatable bonds is 19. The Morgan fingerprint density at radius 1 is 0.679 bits per heavy atom. The van der Waals surface area contributed by atoms with Crippen LogP contribution in [0.1, 0.15) is 40.5 Å². The number of carbonyl (C=O) groups excluding carboxylic acids is 2. The molecule has 0 saturated carbocycles. The molecule has 8 heteroatoms. The predicted octanol–water partition coefficient (Wildman–Crippen LogP) is 2.23. The Bertz CT molecular complexity index is 388. The van der Waals surface area contributed by atoms with Gasteiger partial charge in [-0.05, 0) is 26.2 Å². The molecule has 0 saturated heterocycles. The van der Waals surface area contributed by atoms with E-state index in [2.05, 4.69) is 0 Å². The van der Waals surface area contributed by atoms with E-state index in [0.717, 1.165) is 0 Å².